The van der Waals surface area contributed by atoms with Crippen LogP contribution >= 0.6 is 11.8 Å². The van der Waals surface area contributed by atoms with E-state index in [4.69, 9.17) is 0 Å². The van der Waals surface area contributed by atoms with E-state index in [1.165, 1.54) is 24.3 Å². The van der Waals surface area contributed by atoms with Gasteiger partial charge >= 0.3 is 0 Å². The zero-order valence-corrected chi connectivity index (χ0v) is 11.9. The Hall–Kier alpha value is -1.00. The average molecular weight is 276 g/mol. The number of amides is 1. The Labute approximate surface area is 118 Å². The maximum absolute atomic E-state index is 12.4. The van der Waals surface area contributed by atoms with Gasteiger partial charge in [0.1, 0.15) is 6.04 Å². The van der Waals surface area contributed by atoms with Crippen molar-refractivity contribution >= 4 is 17.7 Å². The summed E-state index contributed by atoms with van der Waals surface area (Å²) in [6.45, 7) is 1.62. The molecule has 2 aliphatic rings. The molecule has 1 aromatic carbocycles. The number of benzene rings is 1. The average Bonchev–Trinajstić information content (AvgIpc) is 2.82. The zero-order valence-electron chi connectivity index (χ0n) is 11.0. The fourth-order valence-electron chi connectivity index (χ4n) is 2.85. The molecular weight excluding hydrogens is 256 g/mol. The summed E-state index contributed by atoms with van der Waals surface area (Å²) in [5, 5.41) is 3.33. The van der Waals surface area contributed by atoms with Gasteiger partial charge in [0.25, 0.3) is 0 Å². The zero-order chi connectivity index (χ0) is 13.1. The lowest BCUT2D eigenvalue weighted by molar-refractivity contribution is -0.129. The lowest BCUT2D eigenvalue weighted by Crippen LogP contribution is -2.33. The quantitative estimate of drug-likeness (QED) is 0.919. The number of carbonyl (C=O) groups excluding carboxylic acids is 1. The topological polar surface area (TPSA) is 32.3 Å². The van der Waals surface area contributed by atoms with Crippen molar-refractivity contribution in [3.8, 4) is 0 Å². The Morgan fingerprint density at radius 2 is 1.95 bits per heavy atom. The van der Waals surface area contributed by atoms with Crippen LogP contribution in [0.2, 0.25) is 0 Å². The van der Waals surface area contributed by atoms with Crippen LogP contribution in [-0.4, -0.2) is 35.5 Å². The highest BCUT2D eigenvalue weighted by Crippen LogP contribution is 2.26. The van der Waals surface area contributed by atoms with E-state index in [0.717, 1.165) is 12.1 Å². The van der Waals surface area contributed by atoms with E-state index in [2.05, 4.69) is 5.32 Å². The summed E-state index contributed by atoms with van der Waals surface area (Å²) < 4.78 is 0. The monoisotopic (exact) mass is 276 g/mol. The SMILES string of the molecule is O=C1C(c2ccccc2)NCN1CC1CCSCC1. The maximum atomic E-state index is 12.4. The predicted octanol–water partition coefficient (Wildman–Crippen LogP) is 2.26. The first-order valence-corrected chi connectivity index (χ1v) is 8.15. The predicted molar refractivity (Wildman–Crippen MR) is 78.9 cm³/mol. The molecule has 0 aromatic heterocycles. The van der Waals surface area contributed by atoms with Gasteiger partial charge in [-0.3, -0.25) is 10.1 Å². The number of nitrogens with one attached hydrogen (secondary N) is 1. The Morgan fingerprint density at radius 3 is 2.68 bits per heavy atom. The van der Waals surface area contributed by atoms with Gasteiger partial charge in [-0.1, -0.05) is 30.3 Å². The second-order valence-corrected chi connectivity index (χ2v) is 6.55. The van der Waals surface area contributed by atoms with Crippen molar-refractivity contribution in [2.75, 3.05) is 24.7 Å². The van der Waals surface area contributed by atoms with Gasteiger partial charge in [-0.2, -0.15) is 11.8 Å². The minimum atomic E-state index is -0.140. The molecule has 1 amide bonds. The van der Waals surface area contributed by atoms with Crippen molar-refractivity contribution in [2.24, 2.45) is 5.92 Å². The molecule has 4 heteroatoms. The molecule has 102 valence electrons. The Bertz CT molecular complexity index is 431. The molecule has 3 rings (SSSR count). The van der Waals surface area contributed by atoms with Gasteiger partial charge < -0.3 is 4.90 Å². The molecule has 0 aliphatic carbocycles. The van der Waals surface area contributed by atoms with E-state index in [0.29, 0.717) is 12.6 Å². The molecule has 1 unspecified atom stereocenters. The minimum absolute atomic E-state index is 0.140. The summed E-state index contributed by atoms with van der Waals surface area (Å²) in [6.07, 6.45) is 2.51. The summed E-state index contributed by atoms with van der Waals surface area (Å²) >= 11 is 2.04. The molecule has 2 saturated heterocycles. The summed E-state index contributed by atoms with van der Waals surface area (Å²) in [6, 6.07) is 9.88. The van der Waals surface area contributed by atoms with Crippen molar-refractivity contribution in [3.63, 3.8) is 0 Å². The summed E-state index contributed by atoms with van der Waals surface area (Å²) in [5.74, 6) is 3.44. The summed E-state index contributed by atoms with van der Waals surface area (Å²) in [7, 11) is 0. The molecule has 1 aromatic rings. The van der Waals surface area contributed by atoms with Gasteiger partial charge in [0, 0.05) is 6.54 Å². The van der Waals surface area contributed by atoms with Crippen LogP contribution in [0.1, 0.15) is 24.4 Å². The normalized spacial score (nSPS) is 24.9. The highest BCUT2D eigenvalue weighted by Gasteiger charge is 2.33. The molecule has 0 radical (unpaired) electrons. The Kier molecular flexibility index (Phi) is 4.09. The molecule has 2 aliphatic heterocycles. The van der Waals surface area contributed by atoms with Crippen molar-refractivity contribution in [1.82, 2.24) is 10.2 Å². The molecule has 2 fully saturated rings. The maximum Gasteiger partial charge on any atom is 0.245 e. The highest BCUT2D eigenvalue weighted by molar-refractivity contribution is 7.99. The van der Waals surface area contributed by atoms with Crippen LogP contribution < -0.4 is 5.32 Å². The van der Waals surface area contributed by atoms with E-state index in [1.807, 2.05) is 47.0 Å². The van der Waals surface area contributed by atoms with Gasteiger partial charge in [0.2, 0.25) is 5.91 Å². The molecule has 0 bridgehead atoms. The number of hydrogen-bond acceptors (Lipinski definition) is 3. The summed E-state index contributed by atoms with van der Waals surface area (Å²) in [5.41, 5.74) is 1.08. The van der Waals surface area contributed by atoms with Gasteiger partial charge in [0.05, 0.1) is 6.67 Å². The first-order valence-electron chi connectivity index (χ1n) is 6.99. The summed E-state index contributed by atoms with van der Waals surface area (Å²) in [4.78, 5) is 14.4. The first-order chi connectivity index (χ1) is 9.34. The molecule has 0 spiro atoms. The number of hydrogen-bond donors (Lipinski definition) is 1. The van der Waals surface area contributed by atoms with Crippen molar-refractivity contribution < 1.29 is 4.79 Å². The molecule has 0 saturated carbocycles. The molecule has 1 atom stereocenters. The fourth-order valence-corrected chi connectivity index (χ4v) is 4.05. The Morgan fingerprint density at radius 1 is 1.21 bits per heavy atom. The van der Waals surface area contributed by atoms with Crippen LogP contribution in [0.3, 0.4) is 0 Å². The van der Waals surface area contributed by atoms with Crippen LogP contribution in [0.15, 0.2) is 30.3 Å². The number of nitrogens with zero attached hydrogens (tertiary/aromatic N) is 1. The minimum Gasteiger partial charge on any atom is -0.328 e. The van der Waals surface area contributed by atoms with Gasteiger partial charge in [-0.25, -0.2) is 0 Å². The van der Waals surface area contributed by atoms with Gasteiger partial charge in [-0.05, 0) is 35.8 Å². The molecule has 3 nitrogen and oxygen atoms in total. The fraction of sp³-hybridized carbons (Fsp3) is 0.533. The van der Waals surface area contributed by atoms with E-state index in [-0.39, 0.29) is 11.9 Å². The molecule has 2 heterocycles. The third-order valence-corrected chi connectivity index (χ3v) is 5.05. The third-order valence-electron chi connectivity index (χ3n) is 4.00. The van der Waals surface area contributed by atoms with Crippen LogP contribution in [0.25, 0.3) is 0 Å². The van der Waals surface area contributed by atoms with E-state index in [1.54, 1.807) is 0 Å². The Balaban J connectivity index is 1.62. The standard InChI is InChI=1S/C15H20N2OS/c18-15-14(13-4-2-1-3-5-13)16-11-17(15)10-12-6-8-19-9-7-12/h1-5,12,14,16H,6-11H2. The van der Waals surface area contributed by atoms with E-state index in [9.17, 15) is 4.79 Å². The van der Waals surface area contributed by atoms with Crippen LogP contribution in [0.5, 0.6) is 0 Å². The molecular formula is C15H20N2OS. The largest absolute Gasteiger partial charge is 0.328 e. The number of carbonyl (C=O) groups is 1. The number of thioether (sulfide) groups is 1. The lowest BCUT2D eigenvalue weighted by atomic mass is 10.0. The second kappa shape index (κ2) is 5.97. The van der Waals surface area contributed by atoms with Gasteiger partial charge in [-0.15, -0.1) is 0 Å². The van der Waals surface area contributed by atoms with Crippen LogP contribution in [-0.2, 0) is 4.79 Å². The second-order valence-electron chi connectivity index (χ2n) is 5.32. The first kappa shape index (κ1) is 13.0. The molecule has 19 heavy (non-hydrogen) atoms. The van der Waals surface area contributed by atoms with Crippen molar-refractivity contribution in [3.05, 3.63) is 35.9 Å². The van der Waals surface area contributed by atoms with Crippen LogP contribution in [0.4, 0.5) is 0 Å². The molecule has 1 N–H and O–H groups in total. The number of rotatable bonds is 3. The van der Waals surface area contributed by atoms with E-state index >= 15 is 0 Å². The highest BCUT2D eigenvalue weighted by atomic mass is 32.2. The smallest absolute Gasteiger partial charge is 0.245 e. The van der Waals surface area contributed by atoms with Crippen molar-refractivity contribution in [1.29, 1.82) is 0 Å². The van der Waals surface area contributed by atoms with E-state index < -0.39 is 0 Å². The van der Waals surface area contributed by atoms with Crippen LogP contribution in [0, 0.1) is 5.92 Å². The van der Waals surface area contributed by atoms with Crippen molar-refractivity contribution in [2.45, 2.75) is 18.9 Å². The lowest BCUT2D eigenvalue weighted by Gasteiger charge is -2.26. The third kappa shape index (κ3) is 2.95. The van der Waals surface area contributed by atoms with Gasteiger partial charge in [0.15, 0.2) is 0 Å².